The molecule has 0 atom stereocenters. The molecule has 1 aliphatic carbocycles. The summed E-state index contributed by atoms with van der Waals surface area (Å²) in [5.74, 6) is -0.637. The molecule has 0 amide bonds. The molecule has 1 aliphatic rings. The van der Waals surface area contributed by atoms with E-state index in [0.717, 1.165) is 6.07 Å². The van der Waals surface area contributed by atoms with Crippen molar-refractivity contribution in [1.82, 2.24) is 4.72 Å². The van der Waals surface area contributed by atoms with Gasteiger partial charge in [-0.05, 0) is 47.0 Å². The summed E-state index contributed by atoms with van der Waals surface area (Å²) in [6.45, 7) is -0.245. The average molecular weight is 324 g/mol. The summed E-state index contributed by atoms with van der Waals surface area (Å²) in [5.41, 5.74) is -0.748. The van der Waals surface area contributed by atoms with Gasteiger partial charge in [0.25, 0.3) is 0 Å². The van der Waals surface area contributed by atoms with E-state index >= 15 is 0 Å². The van der Waals surface area contributed by atoms with Crippen LogP contribution in [0.4, 0.5) is 4.39 Å². The third-order valence-electron chi connectivity index (χ3n) is 2.71. The summed E-state index contributed by atoms with van der Waals surface area (Å²) in [7, 11) is -3.78. The lowest BCUT2D eigenvalue weighted by atomic mass is 10.3. The van der Waals surface area contributed by atoms with E-state index in [1.54, 1.807) is 0 Å². The molecule has 0 aromatic heterocycles. The van der Waals surface area contributed by atoms with Gasteiger partial charge in [0.15, 0.2) is 0 Å². The van der Waals surface area contributed by atoms with Crippen molar-refractivity contribution in [2.24, 2.45) is 0 Å². The number of rotatable bonds is 4. The molecule has 0 aliphatic heterocycles. The van der Waals surface area contributed by atoms with E-state index in [-0.39, 0.29) is 16.0 Å². The zero-order chi connectivity index (χ0) is 12.7. The van der Waals surface area contributed by atoms with E-state index in [0.29, 0.717) is 12.8 Å². The summed E-state index contributed by atoms with van der Waals surface area (Å²) >= 11 is 2.95. The highest BCUT2D eigenvalue weighted by Crippen LogP contribution is 2.36. The summed E-state index contributed by atoms with van der Waals surface area (Å²) in [4.78, 5) is -0.141. The fraction of sp³-hybridized carbons (Fsp3) is 0.400. The highest BCUT2D eigenvalue weighted by atomic mass is 79.9. The Morgan fingerprint density at radius 1 is 1.47 bits per heavy atom. The number of aliphatic hydroxyl groups excluding tert-OH is 1. The predicted octanol–water partition coefficient (Wildman–Crippen LogP) is 1.39. The summed E-state index contributed by atoms with van der Waals surface area (Å²) in [5, 5.41) is 9.06. The topological polar surface area (TPSA) is 66.4 Å². The molecule has 0 saturated heterocycles. The Hall–Kier alpha value is -0.500. The quantitative estimate of drug-likeness (QED) is 0.880. The van der Waals surface area contributed by atoms with Crippen LogP contribution in [-0.2, 0) is 10.0 Å². The van der Waals surface area contributed by atoms with Gasteiger partial charge in [-0.15, -0.1) is 0 Å². The minimum absolute atomic E-state index is 0.141. The second-order valence-electron chi connectivity index (χ2n) is 4.12. The summed E-state index contributed by atoms with van der Waals surface area (Å²) < 4.78 is 39.7. The van der Waals surface area contributed by atoms with Crippen molar-refractivity contribution in [3.05, 3.63) is 28.5 Å². The van der Waals surface area contributed by atoms with Gasteiger partial charge in [-0.3, -0.25) is 0 Å². The SMILES string of the molecule is O=S(=O)(NC1(CO)CC1)c1ccc(Br)c(F)c1. The maximum absolute atomic E-state index is 13.3. The van der Waals surface area contributed by atoms with Crippen molar-refractivity contribution in [2.45, 2.75) is 23.3 Å². The largest absolute Gasteiger partial charge is 0.394 e. The van der Waals surface area contributed by atoms with Crippen molar-refractivity contribution in [3.63, 3.8) is 0 Å². The minimum atomic E-state index is -3.78. The first kappa shape index (κ1) is 12.9. The van der Waals surface area contributed by atoms with Gasteiger partial charge in [0, 0.05) is 0 Å². The molecule has 1 saturated carbocycles. The smallest absolute Gasteiger partial charge is 0.241 e. The lowest BCUT2D eigenvalue weighted by Gasteiger charge is -2.14. The molecule has 1 fully saturated rings. The molecule has 94 valence electrons. The Labute approximate surface area is 107 Å². The molecule has 1 aromatic carbocycles. The molecule has 4 nitrogen and oxygen atoms in total. The molecular formula is C10H11BrFNO3S. The van der Waals surface area contributed by atoms with Gasteiger partial charge in [0.1, 0.15) is 5.82 Å². The third kappa shape index (κ3) is 2.67. The minimum Gasteiger partial charge on any atom is -0.394 e. The average Bonchev–Trinajstić information content (AvgIpc) is 3.02. The second kappa shape index (κ2) is 4.31. The van der Waals surface area contributed by atoms with Crippen LogP contribution in [0.3, 0.4) is 0 Å². The number of hydrogen-bond acceptors (Lipinski definition) is 3. The van der Waals surface area contributed by atoms with E-state index in [1.807, 2.05) is 0 Å². The van der Waals surface area contributed by atoms with Crippen LogP contribution in [0, 0.1) is 5.82 Å². The second-order valence-corrected chi connectivity index (χ2v) is 6.66. The molecule has 0 radical (unpaired) electrons. The van der Waals surface area contributed by atoms with Crippen LogP contribution in [0.1, 0.15) is 12.8 Å². The van der Waals surface area contributed by atoms with Crippen LogP contribution >= 0.6 is 15.9 Å². The molecule has 0 bridgehead atoms. The fourth-order valence-electron chi connectivity index (χ4n) is 1.43. The zero-order valence-corrected chi connectivity index (χ0v) is 11.2. The van der Waals surface area contributed by atoms with Crippen molar-refractivity contribution in [2.75, 3.05) is 6.61 Å². The van der Waals surface area contributed by atoms with Gasteiger partial charge >= 0.3 is 0 Å². The monoisotopic (exact) mass is 323 g/mol. The third-order valence-corrected chi connectivity index (χ3v) is 4.93. The maximum Gasteiger partial charge on any atom is 0.241 e. The first-order valence-corrected chi connectivity index (χ1v) is 7.26. The number of sulfonamides is 1. The number of aliphatic hydroxyl groups is 1. The lowest BCUT2D eigenvalue weighted by Crippen LogP contribution is -2.39. The molecule has 2 rings (SSSR count). The van der Waals surface area contributed by atoms with Gasteiger partial charge < -0.3 is 5.11 Å². The van der Waals surface area contributed by atoms with Crippen LogP contribution < -0.4 is 4.72 Å². The number of benzene rings is 1. The van der Waals surface area contributed by atoms with Crippen LogP contribution in [0.25, 0.3) is 0 Å². The summed E-state index contributed by atoms with van der Waals surface area (Å²) in [6, 6.07) is 3.59. The van der Waals surface area contributed by atoms with Gasteiger partial charge in [0.05, 0.1) is 21.5 Å². The van der Waals surface area contributed by atoms with Gasteiger partial charge in [-0.1, -0.05) is 0 Å². The van der Waals surface area contributed by atoms with Gasteiger partial charge in [0.2, 0.25) is 10.0 Å². The fourth-order valence-corrected chi connectivity index (χ4v) is 3.14. The zero-order valence-electron chi connectivity index (χ0n) is 8.78. The van der Waals surface area contributed by atoms with E-state index < -0.39 is 21.4 Å². The Bertz CT molecular complexity index is 542. The summed E-state index contributed by atoms with van der Waals surface area (Å²) in [6.07, 6.45) is 1.20. The van der Waals surface area contributed by atoms with E-state index in [9.17, 15) is 12.8 Å². The highest BCUT2D eigenvalue weighted by Gasteiger charge is 2.45. The normalized spacial score (nSPS) is 18.1. The van der Waals surface area contributed by atoms with Crippen LogP contribution in [0.15, 0.2) is 27.6 Å². The first-order chi connectivity index (χ1) is 7.88. The molecule has 0 heterocycles. The Balaban J connectivity index is 2.29. The molecule has 7 heteroatoms. The van der Waals surface area contributed by atoms with Crippen molar-refractivity contribution in [1.29, 1.82) is 0 Å². The lowest BCUT2D eigenvalue weighted by molar-refractivity contribution is 0.246. The van der Waals surface area contributed by atoms with E-state index in [2.05, 4.69) is 20.7 Å². The van der Waals surface area contributed by atoms with Crippen molar-refractivity contribution >= 4 is 26.0 Å². The number of hydrogen-bond donors (Lipinski definition) is 2. The van der Waals surface area contributed by atoms with Crippen molar-refractivity contribution in [3.8, 4) is 0 Å². The number of nitrogens with one attached hydrogen (secondary N) is 1. The Kier molecular flexibility index (Phi) is 3.28. The molecule has 0 spiro atoms. The van der Waals surface area contributed by atoms with Gasteiger partial charge in [-0.25, -0.2) is 17.5 Å². The standard InChI is InChI=1S/C10H11BrFNO3S/c11-8-2-1-7(5-9(8)12)17(15,16)13-10(6-14)3-4-10/h1-2,5,13-14H,3-4,6H2. The first-order valence-electron chi connectivity index (χ1n) is 4.98. The van der Waals surface area contributed by atoms with E-state index in [1.165, 1.54) is 12.1 Å². The van der Waals surface area contributed by atoms with Crippen molar-refractivity contribution < 1.29 is 17.9 Å². The molecular weight excluding hydrogens is 313 g/mol. The molecule has 17 heavy (non-hydrogen) atoms. The van der Waals surface area contributed by atoms with E-state index in [4.69, 9.17) is 5.11 Å². The number of halogens is 2. The maximum atomic E-state index is 13.3. The molecule has 1 aromatic rings. The van der Waals surface area contributed by atoms with Crippen LogP contribution in [0.2, 0.25) is 0 Å². The Morgan fingerprint density at radius 2 is 2.12 bits per heavy atom. The highest BCUT2D eigenvalue weighted by molar-refractivity contribution is 9.10. The van der Waals surface area contributed by atoms with Crippen LogP contribution in [-0.4, -0.2) is 25.7 Å². The van der Waals surface area contributed by atoms with Crippen LogP contribution in [0.5, 0.6) is 0 Å². The Morgan fingerprint density at radius 3 is 2.59 bits per heavy atom. The molecule has 0 unspecified atom stereocenters. The predicted molar refractivity (Wildman–Crippen MR) is 63.5 cm³/mol. The molecule has 2 N–H and O–H groups in total. The van der Waals surface area contributed by atoms with Gasteiger partial charge in [-0.2, -0.15) is 0 Å².